The number of benzene rings is 2. The van der Waals surface area contributed by atoms with E-state index >= 15 is 0 Å². The van der Waals surface area contributed by atoms with Gasteiger partial charge in [-0.15, -0.1) is 0 Å². The normalized spacial score (nSPS) is 38.1. The minimum atomic E-state index is -1.47. The number of hydrogen-bond acceptors (Lipinski definition) is 22. The first-order chi connectivity index (χ1) is 32.8. The van der Waals surface area contributed by atoms with Gasteiger partial charge < -0.3 is 114 Å². The Morgan fingerprint density at radius 2 is 1.22 bits per heavy atom. The molecule has 6 rings (SSSR count). The molecule has 3 saturated heterocycles. The molecule has 0 radical (unpaired) electrons. The van der Waals surface area contributed by atoms with Crippen molar-refractivity contribution < 1.29 is 68.9 Å². The summed E-state index contributed by atoms with van der Waals surface area (Å²) in [4.78, 5) is 0. The molecule has 0 amide bonds. The van der Waals surface area contributed by atoms with Crippen molar-refractivity contribution in [1.29, 1.82) is 0 Å². The molecule has 68 heavy (non-hydrogen) atoms. The Kier molecular flexibility index (Phi) is 22.1. The molecule has 2 aromatic carbocycles. The third-order valence-corrected chi connectivity index (χ3v) is 13.2. The lowest BCUT2D eigenvalue weighted by Crippen LogP contribution is -2.69. The Bertz CT molecular complexity index is 1710. The van der Waals surface area contributed by atoms with Crippen molar-refractivity contribution in [2.24, 2.45) is 28.7 Å². The number of ether oxygens (including phenoxy) is 7. The summed E-state index contributed by atoms with van der Waals surface area (Å²) < 4.78 is 44.5. The Morgan fingerprint density at radius 1 is 0.632 bits per heavy atom. The maximum Gasteiger partial charge on any atom is 0.187 e. The average molecular weight is 967 g/mol. The maximum atomic E-state index is 12.2. The molecule has 1 aliphatic carbocycles. The lowest BCUT2D eigenvalue weighted by Gasteiger charge is -2.48. The Hall–Kier alpha value is -2.44. The largest absolute Gasteiger partial charge is 0.394 e. The molecular weight excluding hydrogens is 889 g/mol. The van der Waals surface area contributed by atoms with Crippen molar-refractivity contribution in [3.63, 3.8) is 0 Å². The fraction of sp³-hybridized carbons (Fsp3) is 0.739. The van der Waals surface area contributed by atoms with Crippen LogP contribution in [0.3, 0.4) is 0 Å². The van der Waals surface area contributed by atoms with E-state index in [1.165, 1.54) is 5.56 Å². The summed E-state index contributed by atoms with van der Waals surface area (Å²) in [5.41, 5.74) is 33.5. The SMILES string of the molecule is NCC[C@H](O)CNC1C[C@H](N)[C@@H](O[C@H]2O[C@H](CNCCCc3ccccc3)[C@@H](O)[C@H](O)[C@H]2N)[C@H](O[C@@H]2O[C@H](CO)[C@@H](O[C@H]3O[C@@H](CN)[C@@H](O)[C@H](O)[C@H]3N)[C@H]2OCCNCCc2ccccc2)[C@H]1O. The van der Waals surface area contributed by atoms with Crippen molar-refractivity contribution >= 4 is 0 Å². The predicted octanol–water partition coefficient (Wildman–Crippen LogP) is -5.43. The van der Waals surface area contributed by atoms with E-state index in [4.69, 9.17) is 61.8 Å². The fourth-order valence-electron chi connectivity index (χ4n) is 9.20. The van der Waals surface area contributed by atoms with Crippen molar-refractivity contribution in [1.82, 2.24) is 16.0 Å². The zero-order chi connectivity index (χ0) is 48.7. The predicted molar refractivity (Wildman–Crippen MR) is 247 cm³/mol. The molecule has 20 N–H and O–H groups in total. The number of hydrogen-bond donors (Lipinski definition) is 15. The van der Waals surface area contributed by atoms with Gasteiger partial charge in [-0.05, 0) is 62.9 Å². The molecule has 3 heterocycles. The molecule has 1 unspecified atom stereocenters. The second-order valence-electron chi connectivity index (χ2n) is 18.2. The molecule has 386 valence electrons. The zero-order valence-corrected chi connectivity index (χ0v) is 38.6. The first kappa shape index (κ1) is 54.9. The van der Waals surface area contributed by atoms with Crippen LogP contribution < -0.4 is 44.6 Å². The van der Waals surface area contributed by atoms with E-state index in [-0.39, 0.29) is 39.2 Å². The number of aliphatic hydroxyl groups is 7. The topological polar surface area (TPSA) is 372 Å². The van der Waals surface area contributed by atoms with Crippen molar-refractivity contribution in [2.45, 2.75) is 154 Å². The van der Waals surface area contributed by atoms with Crippen LogP contribution in [0.4, 0.5) is 0 Å². The summed E-state index contributed by atoms with van der Waals surface area (Å²) in [6.07, 6.45) is -17.1. The van der Waals surface area contributed by atoms with E-state index in [0.717, 1.165) is 24.8 Å². The van der Waals surface area contributed by atoms with Crippen LogP contribution >= 0.6 is 0 Å². The standard InChI is InChI=1S/C46H78N8O14/c47-15-13-27(56)22-54-29-20-28(49)40(66-45-34(51)39(61)37(59)31(64-45)23-53-16-7-12-25-8-3-1-4-9-25)42(35(29)57)68-46-43(62-19-18-52-17-14-26-10-5-2-6-11-26)41(32(24-55)65-46)67-44-33(50)38(60)36(58)30(21-48)63-44/h1-6,8-11,27-46,52-61H,7,12-24,47-51H2/t27-,28-,29?,30-,31+,32+,33+,34+,35-,36+,37+,38+,39+,40+,41+,42+,43+,44+,45+,46-/m0/s1. The third kappa shape index (κ3) is 14.6. The summed E-state index contributed by atoms with van der Waals surface area (Å²) in [6, 6.07) is 15.9. The molecule has 1 saturated carbocycles. The van der Waals surface area contributed by atoms with E-state index in [0.29, 0.717) is 26.1 Å². The first-order valence-electron chi connectivity index (χ1n) is 24.0. The quantitative estimate of drug-likeness (QED) is 0.0391. The van der Waals surface area contributed by atoms with Crippen LogP contribution in [0, 0.1) is 0 Å². The first-order valence-corrected chi connectivity index (χ1v) is 24.0. The number of nitrogens with two attached hydrogens (primary N) is 5. The fourth-order valence-corrected chi connectivity index (χ4v) is 9.20. The molecule has 0 aromatic heterocycles. The lowest BCUT2D eigenvalue weighted by atomic mass is 9.83. The highest BCUT2D eigenvalue weighted by Gasteiger charge is 2.55. The maximum absolute atomic E-state index is 12.2. The van der Waals surface area contributed by atoms with Gasteiger partial charge in [0.25, 0.3) is 0 Å². The minimum absolute atomic E-state index is 0.0715. The number of aliphatic hydroxyl groups excluding tert-OH is 7. The Morgan fingerprint density at radius 3 is 1.85 bits per heavy atom. The van der Waals surface area contributed by atoms with E-state index in [1.54, 1.807) is 0 Å². The summed E-state index contributed by atoms with van der Waals surface area (Å²) in [5.74, 6) is 0. The van der Waals surface area contributed by atoms with E-state index in [2.05, 4.69) is 28.1 Å². The van der Waals surface area contributed by atoms with Gasteiger partial charge in [0, 0.05) is 38.3 Å². The van der Waals surface area contributed by atoms with Crippen molar-refractivity contribution in [2.75, 3.05) is 59.0 Å². The van der Waals surface area contributed by atoms with Gasteiger partial charge >= 0.3 is 0 Å². The Balaban J connectivity index is 1.21. The van der Waals surface area contributed by atoms with Crippen LogP contribution in [0.15, 0.2) is 60.7 Å². The van der Waals surface area contributed by atoms with Crippen LogP contribution in [-0.4, -0.2) is 217 Å². The highest BCUT2D eigenvalue weighted by Crippen LogP contribution is 2.36. The molecule has 20 atom stereocenters. The lowest BCUT2D eigenvalue weighted by molar-refractivity contribution is -0.309. The molecule has 3 aliphatic heterocycles. The molecule has 0 spiro atoms. The van der Waals surface area contributed by atoms with Crippen molar-refractivity contribution in [3.05, 3.63) is 71.8 Å². The van der Waals surface area contributed by atoms with Gasteiger partial charge in [0.2, 0.25) is 0 Å². The number of nitrogens with one attached hydrogen (secondary N) is 3. The second kappa shape index (κ2) is 27.4. The van der Waals surface area contributed by atoms with Gasteiger partial charge in [0.1, 0.15) is 67.1 Å². The van der Waals surface area contributed by atoms with E-state index in [1.807, 2.05) is 48.5 Å². The highest BCUT2D eigenvalue weighted by atomic mass is 16.8. The monoisotopic (exact) mass is 967 g/mol. The van der Waals surface area contributed by atoms with Gasteiger partial charge in [-0.25, -0.2) is 0 Å². The van der Waals surface area contributed by atoms with Crippen LogP contribution in [0.25, 0.3) is 0 Å². The number of aryl methyl sites for hydroxylation is 1. The molecule has 22 heteroatoms. The summed E-state index contributed by atoms with van der Waals surface area (Å²) in [6.45, 7) is 1.41. The molecule has 4 aliphatic rings. The Labute approximate surface area is 398 Å². The summed E-state index contributed by atoms with van der Waals surface area (Å²) >= 11 is 0. The van der Waals surface area contributed by atoms with Crippen LogP contribution in [0.2, 0.25) is 0 Å². The third-order valence-electron chi connectivity index (χ3n) is 13.2. The molecule has 22 nitrogen and oxygen atoms in total. The second-order valence-corrected chi connectivity index (χ2v) is 18.2. The van der Waals surface area contributed by atoms with E-state index < -0.39 is 129 Å². The molecule has 0 bridgehead atoms. The molecular formula is C46H78N8O14. The summed E-state index contributed by atoms with van der Waals surface area (Å²) in [7, 11) is 0. The number of rotatable bonds is 26. The van der Waals surface area contributed by atoms with E-state index in [9.17, 15) is 35.7 Å². The van der Waals surface area contributed by atoms with Crippen LogP contribution in [0.1, 0.15) is 30.4 Å². The minimum Gasteiger partial charge on any atom is -0.394 e. The van der Waals surface area contributed by atoms with Gasteiger partial charge in [0.05, 0.1) is 37.5 Å². The van der Waals surface area contributed by atoms with Crippen LogP contribution in [-0.2, 0) is 46.0 Å². The highest BCUT2D eigenvalue weighted by molar-refractivity contribution is 5.15. The average Bonchev–Trinajstić information content (AvgIpc) is 3.67. The van der Waals surface area contributed by atoms with Gasteiger partial charge in [-0.1, -0.05) is 60.7 Å². The summed E-state index contributed by atoms with van der Waals surface area (Å²) in [5, 5.41) is 86.8. The van der Waals surface area contributed by atoms with Crippen molar-refractivity contribution in [3.8, 4) is 0 Å². The zero-order valence-electron chi connectivity index (χ0n) is 38.6. The van der Waals surface area contributed by atoms with Crippen LogP contribution in [0.5, 0.6) is 0 Å². The smallest absolute Gasteiger partial charge is 0.187 e. The van der Waals surface area contributed by atoms with Gasteiger partial charge in [-0.3, -0.25) is 0 Å². The van der Waals surface area contributed by atoms with Gasteiger partial charge in [-0.2, -0.15) is 0 Å². The van der Waals surface area contributed by atoms with Gasteiger partial charge in [0.15, 0.2) is 18.9 Å². The molecule has 2 aromatic rings. The molecule has 4 fully saturated rings.